The lowest BCUT2D eigenvalue weighted by Gasteiger charge is -2.16. The van der Waals surface area contributed by atoms with Gasteiger partial charge in [-0.3, -0.25) is 9.79 Å². The van der Waals surface area contributed by atoms with Gasteiger partial charge in [-0.1, -0.05) is 24.3 Å². The first-order chi connectivity index (χ1) is 8.63. The highest BCUT2D eigenvalue weighted by Crippen LogP contribution is 2.24. The first-order valence-electron chi connectivity index (χ1n) is 5.81. The number of aliphatic hydroxyl groups is 2. The topological polar surface area (TPSA) is 69.9 Å². The van der Waals surface area contributed by atoms with E-state index in [9.17, 15) is 9.90 Å². The van der Waals surface area contributed by atoms with Gasteiger partial charge in [-0.2, -0.15) is 0 Å². The number of carbonyl (C=O) groups excluding carboxylic acids is 1. The summed E-state index contributed by atoms with van der Waals surface area (Å²) >= 11 is 0. The van der Waals surface area contributed by atoms with Crippen LogP contribution in [-0.4, -0.2) is 28.8 Å². The van der Waals surface area contributed by atoms with Crippen molar-refractivity contribution in [2.75, 3.05) is 6.61 Å². The summed E-state index contributed by atoms with van der Waals surface area (Å²) < 4.78 is 0. The van der Waals surface area contributed by atoms with Crippen LogP contribution in [0.15, 0.2) is 40.7 Å². The van der Waals surface area contributed by atoms with Crippen LogP contribution in [0.25, 0.3) is 0 Å². The van der Waals surface area contributed by atoms with Gasteiger partial charge >= 0.3 is 0 Å². The largest absolute Gasteiger partial charge is 0.503 e. The highest BCUT2D eigenvalue weighted by atomic mass is 16.3. The maximum absolute atomic E-state index is 11.9. The number of ketones is 1. The van der Waals surface area contributed by atoms with Crippen LogP contribution in [0.4, 0.5) is 0 Å². The molecule has 1 aromatic carbocycles. The first kappa shape index (κ1) is 12.5. The molecule has 1 aromatic rings. The van der Waals surface area contributed by atoms with Crippen LogP contribution >= 0.6 is 0 Å². The van der Waals surface area contributed by atoms with Crippen LogP contribution in [0.1, 0.15) is 24.0 Å². The first-order valence-corrected chi connectivity index (χ1v) is 5.81. The fraction of sp³-hybridized carbons (Fsp3) is 0.286. The Kier molecular flexibility index (Phi) is 3.58. The summed E-state index contributed by atoms with van der Waals surface area (Å²) in [5.74, 6) is -1.10. The molecule has 1 aliphatic heterocycles. The molecule has 94 valence electrons. The molecule has 4 heteroatoms. The normalized spacial score (nSPS) is 19.4. The van der Waals surface area contributed by atoms with Crippen molar-refractivity contribution >= 4 is 12.0 Å². The molecule has 0 radical (unpaired) electrons. The van der Waals surface area contributed by atoms with Gasteiger partial charge in [-0.25, -0.2) is 0 Å². The van der Waals surface area contributed by atoms with Crippen molar-refractivity contribution in [2.24, 2.45) is 4.99 Å². The molecule has 0 bridgehead atoms. The Bertz CT molecular complexity index is 514. The third kappa shape index (κ3) is 2.33. The number of hydrogen-bond acceptors (Lipinski definition) is 4. The Morgan fingerprint density at radius 3 is 2.56 bits per heavy atom. The van der Waals surface area contributed by atoms with Crippen LogP contribution in [0.3, 0.4) is 0 Å². The monoisotopic (exact) mass is 245 g/mol. The summed E-state index contributed by atoms with van der Waals surface area (Å²) in [4.78, 5) is 15.9. The lowest BCUT2D eigenvalue weighted by molar-refractivity contribution is -0.118. The van der Waals surface area contributed by atoms with Crippen molar-refractivity contribution in [3.63, 3.8) is 0 Å². The van der Waals surface area contributed by atoms with E-state index in [1.165, 1.54) is 0 Å². The van der Waals surface area contributed by atoms with Crippen molar-refractivity contribution in [1.82, 2.24) is 0 Å². The highest BCUT2D eigenvalue weighted by molar-refractivity contribution is 6.10. The molecule has 0 fully saturated rings. The summed E-state index contributed by atoms with van der Waals surface area (Å²) in [6.07, 6.45) is 2.15. The summed E-state index contributed by atoms with van der Waals surface area (Å²) in [5, 5.41) is 18.4. The second kappa shape index (κ2) is 5.14. The molecule has 4 nitrogen and oxygen atoms in total. The molecule has 1 heterocycles. The number of aliphatic hydroxyl groups excluding tert-OH is 2. The summed E-state index contributed by atoms with van der Waals surface area (Å²) in [5.41, 5.74) is 2.16. The summed E-state index contributed by atoms with van der Waals surface area (Å²) in [6, 6.07) is 7.39. The van der Waals surface area contributed by atoms with Gasteiger partial charge < -0.3 is 10.2 Å². The van der Waals surface area contributed by atoms with E-state index in [4.69, 9.17) is 5.11 Å². The van der Waals surface area contributed by atoms with Crippen molar-refractivity contribution in [3.05, 3.63) is 46.8 Å². The van der Waals surface area contributed by atoms with Crippen LogP contribution in [-0.2, 0) is 11.2 Å². The average Bonchev–Trinajstić information content (AvgIpc) is 2.38. The minimum absolute atomic E-state index is 0.103. The van der Waals surface area contributed by atoms with Gasteiger partial charge in [0.05, 0.1) is 11.6 Å². The van der Waals surface area contributed by atoms with Gasteiger partial charge in [0.25, 0.3) is 0 Å². The Morgan fingerprint density at radius 1 is 1.28 bits per heavy atom. The van der Waals surface area contributed by atoms with E-state index >= 15 is 0 Å². The molecule has 18 heavy (non-hydrogen) atoms. The summed E-state index contributed by atoms with van der Waals surface area (Å²) in [7, 11) is 0. The van der Waals surface area contributed by atoms with Crippen molar-refractivity contribution < 1.29 is 15.0 Å². The van der Waals surface area contributed by atoms with Gasteiger partial charge in [0, 0.05) is 12.8 Å². The smallest absolute Gasteiger partial charge is 0.211 e. The van der Waals surface area contributed by atoms with Gasteiger partial charge in [-0.05, 0) is 24.5 Å². The predicted octanol–water partition coefficient (Wildman–Crippen LogP) is 1.75. The van der Waals surface area contributed by atoms with Crippen molar-refractivity contribution in [1.29, 1.82) is 0 Å². The van der Waals surface area contributed by atoms with E-state index in [1.807, 2.05) is 24.3 Å². The van der Waals surface area contributed by atoms with Crippen LogP contribution in [0, 0.1) is 0 Å². The van der Waals surface area contributed by atoms with E-state index in [1.54, 1.807) is 13.1 Å². The highest BCUT2D eigenvalue weighted by Gasteiger charge is 2.26. The molecule has 2 rings (SSSR count). The lowest BCUT2D eigenvalue weighted by Crippen LogP contribution is -2.20. The van der Waals surface area contributed by atoms with Gasteiger partial charge in [0.2, 0.25) is 5.78 Å². The lowest BCUT2D eigenvalue weighted by atomic mass is 9.92. The maximum atomic E-state index is 11.9. The zero-order valence-electron chi connectivity index (χ0n) is 10.1. The second-order valence-electron chi connectivity index (χ2n) is 4.27. The fourth-order valence-corrected chi connectivity index (χ4v) is 1.90. The Morgan fingerprint density at radius 2 is 1.94 bits per heavy atom. The molecule has 1 atom stereocenters. The number of Topliss-reactive ketones (excluding diaryl/α,β-unsaturated/α-hetero) is 1. The fourth-order valence-electron chi connectivity index (χ4n) is 1.90. The van der Waals surface area contributed by atoms with Gasteiger partial charge in [0.15, 0.2) is 5.76 Å². The van der Waals surface area contributed by atoms with Crippen LogP contribution in [0.2, 0.25) is 0 Å². The molecule has 0 aromatic heterocycles. The van der Waals surface area contributed by atoms with Gasteiger partial charge in [0.1, 0.15) is 0 Å². The molecule has 1 aliphatic rings. The van der Waals surface area contributed by atoms with E-state index in [-0.39, 0.29) is 18.1 Å². The number of allylic oxidation sites excluding steroid dienone is 2. The zero-order chi connectivity index (χ0) is 13.1. The second-order valence-corrected chi connectivity index (χ2v) is 4.27. The van der Waals surface area contributed by atoms with Crippen LogP contribution < -0.4 is 0 Å². The molecule has 0 saturated carbocycles. The standard InChI is InChI=1S/C14H15NO3/c1-9-13(17)14(18)12(8-15-9)11-4-2-10(3-5-11)6-7-16/h2-5,8,12,16-17H,6-7H2,1H3. The Labute approximate surface area is 105 Å². The number of benzene rings is 1. The van der Waals surface area contributed by atoms with Gasteiger partial charge in [-0.15, -0.1) is 0 Å². The number of rotatable bonds is 3. The molecule has 0 amide bonds. The predicted molar refractivity (Wildman–Crippen MR) is 68.8 cm³/mol. The average molecular weight is 245 g/mol. The van der Waals surface area contributed by atoms with E-state index < -0.39 is 5.92 Å². The number of nitrogens with zero attached hydrogens (tertiary/aromatic N) is 1. The van der Waals surface area contributed by atoms with Crippen LogP contribution in [0.5, 0.6) is 0 Å². The van der Waals surface area contributed by atoms with Crippen molar-refractivity contribution in [2.45, 2.75) is 19.3 Å². The minimum atomic E-state index is -0.517. The molecule has 0 spiro atoms. The molecular weight excluding hydrogens is 230 g/mol. The maximum Gasteiger partial charge on any atom is 0.211 e. The molecule has 1 unspecified atom stereocenters. The summed E-state index contributed by atoms with van der Waals surface area (Å²) in [6.45, 7) is 1.70. The SMILES string of the molecule is CC1=C(O)C(=O)C(c2ccc(CCO)cc2)C=N1. The molecule has 2 N–H and O–H groups in total. The third-order valence-electron chi connectivity index (χ3n) is 3.02. The number of hydrogen-bond donors (Lipinski definition) is 2. The third-order valence-corrected chi connectivity index (χ3v) is 3.02. The van der Waals surface area contributed by atoms with E-state index in [2.05, 4.69) is 4.99 Å². The minimum Gasteiger partial charge on any atom is -0.503 e. The quantitative estimate of drug-likeness (QED) is 0.852. The zero-order valence-corrected chi connectivity index (χ0v) is 10.1. The van der Waals surface area contributed by atoms with E-state index in [0.29, 0.717) is 12.1 Å². The molecule has 0 saturated heterocycles. The Hall–Kier alpha value is -1.94. The van der Waals surface area contributed by atoms with Crippen molar-refractivity contribution in [3.8, 4) is 0 Å². The molecule has 0 aliphatic carbocycles. The number of aliphatic imine (C=N–C) groups is 1. The molecular formula is C14H15NO3. The number of carbonyl (C=O) groups is 1. The Balaban J connectivity index is 2.23. The van der Waals surface area contributed by atoms with E-state index in [0.717, 1.165) is 11.1 Å².